The topological polar surface area (TPSA) is 35.5 Å². The molecule has 0 aromatic rings. The number of carbonyl (C=O) groups excluding carboxylic acids is 1. The van der Waals surface area contributed by atoms with Gasteiger partial charge in [-0.3, -0.25) is 4.79 Å². The molecule has 0 aliphatic heterocycles. The first kappa shape index (κ1) is 16.3. The van der Waals surface area contributed by atoms with Gasteiger partial charge in [0.05, 0.1) is 5.60 Å². The summed E-state index contributed by atoms with van der Waals surface area (Å²) in [6.07, 6.45) is 7.29. The number of ether oxygens (including phenoxy) is 2. The van der Waals surface area contributed by atoms with Crippen LogP contribution in [0.25, 0.3) is 0 Å². The minimum Gasteiger partial charge on any atom is -0.356 e. The van der Waals surface area contributed by atoms with Crippen molar-refractivity contribution in [3.63, 3.8) is 0 Å². The van der Waals surface area contributed by atoms with Crippen LogP contribution >= 0.6 is 0 Å². The smallest absolute Gasteiger partial charge is 0.155 e. The van der Waals surface area contributed by atoms with Gasteiger partial charge in [-0.05, 0) is 31.0 Å². The van der Waals surface area contributed by atoms with E-state index in [0.29, 0.717) is 19.3 Å². The van der Waals surface area contributed by atoms with Gasteiger partial charge in [0.25, 0.3) is 0 Å². The van der Waals surface area contributed by atoms with Gasteiger partial charge < -0.3 is 9.47 Å². The zero-order valence-corrected chi connectivity index (χ0v) is 13.4. The molecule has 0 bridgehead atoms. The molecule has 1 aliphatic rings. The summed E-state index contributed by atoms with van der Waals surface area (Å²) in [5.41, 5.74) is -0.394. The molecule has 0 spiro atoms. The first-order chi connectivity index (χ1) is 8.87. The van der Waals surface area contributed by atoms with E-state index in [9.17, 15) is 4.79 Å². The van der Waals surface area contributed by atoms with E-state index in [1.165, 1.54) is 0 Å². The van der Waals surface area contributed by atoms with Crippen LogP contribution in [0.5, 0.6) is 0 Å². The van der Waals surface area contributed by atoms with Crippen molar-refractivity contribution in [2.24, 2.45) is 0 Å². The fraction of sp³-hybridized carbons (Fsp3) is 0.667. The number of rotatable bonds is 8. The maximum Gasteiger partial charge on any atom is 0.155 e. The lowest BCUT2D eigenvalue weighted by Crippen LogP contribution is -2.34. The summed E-state index contributed by atoms with van der Waals surface area (Å²) in [6.45, 7) is 11.8. The molecule has 0 aromatic carbocycles. The van der Waals surface area contributed by atoms with Crippen LogP contribution in [0.2, 0.25) is 25.7 Å². The van der Waals surface area contributed by atoms with Gasteiger partial charge in [-0.2, -0.15) is 0 Å². The molecule has 1 unspecified atom stereocenters. The van der Waals surface area contributed by atoms with Crippen LogP contribution in [-0.4, -0.2) is 32.9 Å². The monoisotopic (exact) mass is 282 g/mol. The quantitative estimate of drug-likeness (QED) is 0.295. The minimum absolute atomic E-state index is 0.169. The zero-order chi connectivity index (χ0) is 14.4. The molecule has 1 rings (SSSR count). The third-order valence-electron chi connectivity index (χ3n) is 3.28. The van der Waals surface area contributed by atoms with Gasteiger partial charge in [0, 0.05) is 21.1 Å². The van der Waals surface area contributed by atoms with E-state index >= 15 is 0 Å². The van der Waals surface area contributed by atoms with E-state index in [4.69, 9.17) is 9.47 Å². The summed E-state index contributed by atoms with van der Waals surface area (Å²) in [5.74, 6) is 0.169. The standard InChI is InChI=1S/C15H26O3Si/c1-5-8-15(9-6-14(16)7-10-15)18-13-17-11-12-19(2,3)4/h5-6,9H,1,7-8,10-13H2,2-4H3. The van der Waals surface area contributed by atoms with E-state index in [1.54, 1.807) is 6.08 Å². The Hall–Kier alpha value is -0.713. The average Bonchev–Trinajstić information content (AvgIpc) is 2.31. The second-order valence-corrected chi connectivity index (χ2v) is 12.0. The molecule has 4 heteroatoms. The van der Waals surface area contributed by atoms with Crippen molar-refractivity contribution in [1.29, 1.82) is 0 Å². The molecular formula is C15H26O3Si. The van der Waals surface area contributed by atoms with Crippen LogP contribution in [0.4, 0.5) is 0 Å². The van der Waals surface area contributed by atoms with Crippen LogP contribution in [0.15, 0.2) is 24.8 Å². The molecule has 19 heavy (non-hydrogen) atoms. The van der Waals surface area contributed by atoms with Gasteiger partial charge in [0.15, 0.2) is 5.78 Å². The van der Waals surface area contributed by atoms with Crippen molar-refractivity contribution in [3.8, 4) is 0 Å². The Morgan fingerprint density at radius 2 is 2.21 bits per heavy atom. The van der Waals surface area contributed by atoms with Gasteiger partial charge in [-0.25, -0.2) is 0 Å². The van der Waals surface area contributed by atoms with Crippen molar-refractivity contribution in [3.05, 3.63) is 24.8 Å². The van der Waals surface area contributed by atoms with Crippen LogP contribution < -0.4 is 0 Å². The van der Waals surface area contributed by atoms with Crippen LogP contribution in [0.1, 0.15) is 19.3 Å². The van der Waals surface area contributed by atoms with E-state index in [2.05, 4.69) is 26.2 Å². The molecule has 0 N–H and O–H groups in total. The second-order valence-electron chi connectivity index (χ2n) is 6.34. The number of carbonyl (C=O) groups is 1. The Morgan fingerprint density at radius 3 is 2.74 bits per heavy atom. The predicted octanol–water partition coefficient (Wildman–Crippen LogP) is 3.55. The van der Waals surface area contributed by atoms with Gasteiger partial charge in [-0.15, -0.1) is 6.58 Å². The van der Waals surface area contributed by atoms with E-state index in [0.717, 1.165) is 12.7 Å². The molecule has 0 saturated carbocycles. The molecule has 3 nitrogen and oxygen atoms in total. The molecular weight excluding hydrogens is 256 g/mol. The lowest BCUT2D eigenvalue weighted by atomic mass is 9.87. The van der Waals surface area contributed by atoms with E-state index in [-0.39, 0.29) is 12.6 Å². The molecule has 0 fully saturated rings. The third kappa shape index (κ3) is 6.32. The second kappa shape index (κ2) is 7.17. The average molecular weight is 282 g/mol. The molecule has 0 heterocycles. The van der Waals surface area contributed by atoms with Crippen molar-refractivity contribution in [2.75, 3.05) is 13.4 Å². The molecule has 0 radical (unpaired) electrons. The number of hydrogen-bond donors (Lipinski definition) is 0. The normalized spacial score (nSPS) is 23.6. The predicted molar refractivity (Wildman–Crippen MR) is 81.0 cm³/mol. The van der Waals surface area contributed by atoms with Crippen LogP contribution in [0, 0.1) is 0 Å². The Bertz CT molecular complexity index is 344. The maximum absolute atomic E-state index is 11.2. The van der Waals surface area contributed by atoms with Crippen molar-refractivity contribution in [1.82, 2.24) is 0 Å². The zero-order valence-electron chi connectivity index (χ0n) is 12.4. The lowest BCUT2D eigenvalue weighted by Gasteiger charge is -2.32. The number of allylic oxidation sites excluding steroid dienone is 1. The first-order valence-electron chi connectivity index (χ1n) is 6.92. The summed E-state index contributed by atoms with van der Waals surface area (Å²) in [7, 11) is -1.05. The third-order valence-corrected chi connectivity index (χ3v) is 4.99. The molecule has 0 amide bonds. The van der Waals surface area contributed by atoms with Gasteiger partial charge in [0.1, 0.15) is 6.79 Å². The molecule has 1 atom stereocenters. The highest BCUT2D eigenvalue weighted by Gasteiger charge is 2.30. The Labute approximate surface area is 117 Å². The minimum atomic E-state index is -1.05. The Balaban J connectivity index is 2.37. The maximum atomic E-state index is 11.2. The summed E-state index contributed by atoms with van der Waals surface area (Å²) < 4.78 is 11.4. The Morgan fingerprint density at radius 1 is 1.47 bits per heavy atom. The van der Waals surface area contributed by atoms with E-state index in [1.807, 2.05) is 12.2 Å². The summed E-state index contributed by atoms with van der Waals surface area (Å²) >= 11 is 0. The van der Waals surface area contributed by atoms with E-state index < -0.39 is 13.7 Å². The summed E-state index contributed by atoms with van der Waals surface area (Å²) in [6, 6.07) is 1.14. The highest BCUT2D eigenvalue weighted by Crippen LogP contribution is 2.28. The number of hydrogen-bond acceptors (Lipinski definition) is 3. The summed E-state index contributed by atoms with van der Waals surface area (Å²) in [4.78, 5) is 11.2. The van der Waals surface area contributed by atoms with Gasteiger partial charge >= 0.3 is 0 Å². The fourth-order valence-corrected chi connectivity index (χ4v) is 2.69. The van der Waals surface area contributed by atoms with Crippen molar-refractivity contribution < 1.29 is 14.3 Å². The van der Waals surface area contributed by atoms with Crippen LogP contribution in [0.3, 0.4) is 0 Å². The number of ketones is 1. The molecule has 0 saturated heterocycles. The lowest BCUT2D eigenvalue weighted by molar-refractivity contribution is -0.131. The van der Waals surface area contributed by atoms with Crippen molar-refractivity contribution >= 4 is 13.9 Å². The fourth-order valence-electron chi connectivity index (χ4n) is 1.94. The largest absolute Gasteiger partial charge is 0.356 e. The van der Waals surface area contributed by atoms with Crippen molar-refractivity contribution in [2.45, 2.75) is 50.5 Å². The molecule has 108 valence electrons. The van der Waals surface area contributed by atoms with Gasteiger partial charge in [-0.1, -0.05) is 25.7 Å². The van der Waals surface area contributed by atoms with Crippen LogP contribution in [-0.2, 0) is 14.3 Å². The first-order valence-corrected chi connectivity index (χ1v) is 10.6. The Kier molecular flexibility index (Phi) is 6.17. The van der Waals surface area contributed by atoms with Gasteiger partial charge in [0.2, 0.25) is 0 Å². The highest BCUT2D eigenvalue weighted by molar-refractivity contribution is 6.76. The molecule has 1 aliphatic carbocycles. The molecule has 0 aromatic heterocycles. The summed E-state index contributed by atoms with van der Waals surface area (Å²) in [5, 5.41) is 0. The SMILES string of the molecule is C=CCC1(OCOCC[Si](C)(C)C)C=CC(=O)CC1. The highest BCUT2D eigenvalue weighted by atomic mass is 28.3.